The molecule has 0 atom stereocenters. The Morgan fingerprint density at radius 3 is 2.43 bits per heavy atom. The average molecular weight is 382 g/mol. The fourth-order valence-corrected chi connectivity index (χ4v) is 2.17. The zero-order valence-electron chi connectivity index (χ0n) is 10.1. The van der Waals surface area contributed by atoms with Crippen molar-refractivity contribution in [3.8, 4) is 0 Å². The van der Waals surface area contributed by atoms with Crippen molar-refractivity contribution in [3.05, 3.63) is 68.4 Å². The summed E-state index contributed by atoms with van der Waals surface area (Å²) in [6.07, 6.45) is -4.58. The summed E-state index contributed by atoms with van der Waals surface area (Å²) in [5, 5.41) is 0.0896. The molecule has 0 saturated carbocycles. The molecular weight excluding hydrogens is 376 g/mol. The van der Waals surface area contributed by atoms with Gasteiger partial charge in [-0.15, -0.1) is 0 Å². The third kappa shape index (κ3) is 3.44. The fraction of sp³-hybridized carbons (Fsp3) is 0.0714. The number of halogens is 6. The van der Waals surface area contributed by atoms with E-state index in [1.807, 2.05) is 0 Å². The summed E-state index contributed by atoms with van der Waals surface area (Å²) in [4.78, 5) is 12.1. The molecule has 2 rings (SSSR count). The van der Waals surface area contributed by atoms with Crippen molar-refractivity contribution in [1.82, 2.24) is 0 Å². The maximum atomic E-state index is 13.8. The predicted molar refractivity (Wildman–Crippen MR) is 74.0 cm³/mol. The summed E-state index contributed by atoms with van der Waals surface area (Å²) < 4.78 is 51.9. The Morgan fingerprint density at radius 2 is 1.81 bits per heavy atom. The number of ketones is 1. The molecule has 0 amide bonds. The molecule has 0 N–H and O–H groups in total. The monoisotopic (exact) mass is 380 g/mol. The van der Waals surface area contributed by atoms with E-state index in [1.54, 1.807) is 0 Å². The molecule has 2 aromatic carbocycles. The number of alkyl halides is 3. The first-order chi connectivity index (χ1) is 9.70. The molecule has 0 aliphatic carbocycles. The quantitative estimate of drug-likeness (QED) is 0.382. The third-order valence-electron chi connectivity index (χ3n) is 2.71. The van der Waals surface area contributed by atoms with Crippen LogP contribution in [0.5, 0.6) is 0 Å². The lowest BCUT2D eigenvalue weighted by Gasteiger charge is -2.09. The molecule has 0 saturated heterocycles. The van der Waals surface area contributed by atoms with Crippen LogP contribution >= 0.6 is 27.5 Å². The van der Waals surface area contributed by atoms with Crippen LogP contribution in [-0.4, -0.2) is 5.78 Å². The number of benzene rings is 2. The van der Waals surface area contributed by atoms with E-state index < -0.39 is 23.3 Å². The van der Waals surface area contributed by atoms with Crippen LogP contribution in [0.4, 0.5) is 17.6 Å². The average Bonchev–Trinajstić information content (AvgIpc) is 2.41. The molecular formula is C14H6BrClF4O. The molecule has 0 bridgehead atoms. The van der Waals surface area contributed by atoms with Crippen LogP contribution in [-0.2, 0) is 6.18 Å². The molecule has 0 heterocycles. The molecule has 0 unspecified atom stereocenters. The van der Waals surface area contributed by atoms with E-state index in [-0.39, 0.29) is 20.6 Å². The molecule has 1 nitrogen and oxygen atoms in total. The van der Waals surface area contributed by atoms with Crippen molar-refractivity contribution in [3.63, 3.8) is 0 Å². The Balaban J connectivity index is 2.48. The number of carbonyl (C=O) groups is 1. The highest BCUT2D eigenvalue weighted by molar-refractivity contribution is 9.10. The second kappa shape index (κ2) is 5.77. The van der Waals surface area contributed by atoms with Gasteiger partial charge in [0.05, 0.1) is 16.1 Å². The topological polar surface area (TPSA) is 17.1 Å². The summed E-state index contributed by atoms with van der Waals surface area (Å²) in [7, 11) is 0. The molecule has 0 spiro atoms. The van der Waals surface area contributed by atoms with Crippen molar-refractivity contribution in [1.29, 1.82) is 0 Å². The van der Waals surface area contributed by atoms with E-state index in [0.29, 0.717) is 6.07 Å². The number of hydrogen-bond acceptors (Lipinski definition) is 1. The lowest BCUT2D eigenvalue weighted by Crippen LogP contribution is -2.09. The lowest BCUT2D eigenvalue weighted by molar-refractivity contribution is -0.137. The zero-order chi connectivity index (χ0) is 15.8. The Kier molecular flexibility index (Phi) is 4.39. The van der Waals surface area contributed by atoms with E-state index in [1.165, 1.54) is 6.07 Å². The molecule has 0 aliphatic rings. The van der Waals surface area contributed by atoms with Crippen LogP contribution in [0.2, 0.25) is 5.02 Å². The molecule has 0 fully saturated rings. The predicted octanol–water partition coefficient (Wildman–Crippen LogP) is 5.49. The molecule has 21 heavy (non-hydrogen) atoms. The normalized spacial score (nSPS) is 11.5. The Hall–Kier alpha value is -1.40. The fourth-order valence-electron chi connectivity index (χ4n) is 1.69. The van der Waals surface area contributed by atoms with Gasteiger partial charge < -0.3 is 0 Å². The Morgan fingerprint density at radius 1 is 1.14 bits per heavy atom. The number of hydrogen-bond donors (Lipinski definition) is 0. The van der Waals surface area contributed by atoms with Gasteiger partial charge >= 0.3 is 6.18 Å². The highest BCUT2D eigenvalue weighted by Gasteiger charge is 2.31. The van der Waals surface area contributed by atoms with Gasteiger partial charge in [0, 0.05) is 10.0 Å². The van der Waals surface area contributed by atoms with Crippen LogP contribution in [0.1, 0.15) is 21.5 Å². The Labute approximate surface area is 130 Å². The highest BCUT2D eigenvalue weighted by Crippen LogP contribution is 2.31. The molecule has 0 aromatic heterocycles. The van der Waals surface area contributed by atoms with E-state index in [0.717, 1.165) is 24.3 Å². The van der Waals surface area contributed by atoms with Crippen molar-refractivity contribution < 1.29 is 22.4 Å². The van der Waals surface area contributed by atoms with Crippen LogP contribution < -0.4 is 0 Å². The molecule has 0 aliphatic heterocycles. The largest absolute Gasteiger partial charge is 0.416 e. The van der Waals surface area contributed by atoms with E-state index in [9.17, 15) is 22.4 Å². The van der Waals surface area contributed by atoms with Gasteiger partial charge in [-0.3, -0.25) is 4.79 Å². The zero-order valence-corrected chi connectivity index (χ0v) is 12.5. The minimum Gasteiger partial charge on any atom is -0.288 e. The van der Waals surface area contributed by atoms with Crippen LogP contribution in [0.25, 0.3) is 0 Å². The van der Waals surface area contributed by atoms with Crippen LogP contribution in [0.3, 0.4) is 0 Å². The maximum absolute atomic E-state index is 13.8. The van der Waals surface area contributed by atoms with Gasteiger partial charge in [-0.05, 0) is 40.2 Å². The van der Waals surface area contributed by atoms with Gasteiger partial charge in [0.15, 0.2) is 5.78 Å². The van der Waals surface area contributed by atoms with Gasteiger partial charge in [0.1, 0.15) is 5.82 Å². The minimum atomic E-state index is -4.58. The van der Waals surface area contributed by atoms with Crippen LogP contribution in [0, 0.1) is 5.82 Å². The van der Waals surface area contributed by atoms with Gasteiger partial charge in [-0.2, -0.15) is 13.2 Å². The molecule has 2 aromatic rings. The summed E-state index contributed by atoms with van der Waals surface area (Å²) in [6, 6.07) is 5.85. The lowest BCUT2D eigenvalue weighted by atomic mass is 10.0. The van der Waals surface area contributed by atoms with E-state index >= 15 is 0 Å². The molecule has 0 radical (unpaired) electrons. The molecule has 7 heteroatoms. The van der Waals surface area contributed by atoms with E-state index in [4.69, 9.17) is 11.6 Å². The summed E-state index contributed by atoms with van der Waals surface area (Å²) >= 11 is 8.77. The van der Waals surface area contributed by atoms with Gasteiger partial charge in [-0.25, -0.2) is 4.39 Å². The highest BCUT2D eigenvalue weighted by atomic mass is 79.9. The first kappa shape index (κ1) is 16.0. The summed E-state index contributed by atoms with van der Waals surface area (Å²) in [5.74, 6) is -1.73. The summed E-state index contributed by atoms with van der Waals surface area (Å²) in [6.45, 7) is 0. The number of rotatable bonds is 2. The first-order valence-corrected chi connectivity index (χ1v) is 6.74. The Bertz CT molecular complexity index is 713. The second-order valence-electron chi connectivity index (χ2n) is 4.15. The SMILES string of the molecule is O=C(c1cccc(C(F)(F)F)c1)c1cc(Cl)c(Br)cc1F. The van der Waals surface area contributed by atoms with Crippen molar-refractivity contribution in [2.24, 2.45) is 0 Å². The smallest absolute Gasteiger partial charge is 0.288 e. The standard InChI is InChI=1S/C14H6BrClF4O/c15-10-6-12(17)9(5-11(10)16)13(21)7-2-1-3-8(4-7)14(18,19)20/h1-6H. The van der Waals surface area contributed by atoms with Crippen molar-refractivity contribution >= 4 is 33.3 Å². The molecule has 110 valence electrons. The van der Waals surface area contributed by atoms with Crippen molar-refractivity contribution in [2.75, 3.05) is 0 Å². The number of carbonyl (C=O) groups excluding carboxylic acids is 1. The van der Waals surface area contributed by atoms with Gasteiger partial charge in [0.25, 0.3) is 0 Å². The van der Waals surface area contributed by atoms with Crippen LogP contribution in [0.15, 0.2) is 40.9 Å². The third-order valence-corrected chi connectivity index (χ3v) is 3.90. The second-order valence-corrected chi connectivity index (χ2v) is 5.42. The van der Waals surface area contributed by atoms with E-state index in [2.05, 4.69) is 15.9 Å². The first-order valence-electron chi connectivity index (χ1n) is 5.56. The van der Waals surface area contributed by atoms with Crippen molar-refractivity contribution in [2.45, 2.75) is 6.18 Å². The maximum Gasteiger partial charge on any atom is 0.416 e. The minimum absolute atomic E-state index is 0.0896. The van der Waals surface area contributed by atoms with Gasteiger partial charge in [0.2, 0.25) is 0 Å². The summed E-state index contributed by atoms with van der Waals surface area (Å²) in [5.41, 5.74) is -1.62. The van der Waals surface area contributed by atoms with Gasteiger partial charge in [-0.1, -0.05) is 23.7 Å².